The van der Waals surface area contributed by atoms with Crippen LogP contribution in [-0.2, 0) is 22.3 Å². The highest BCUT2D eigenvalue weighted by Crippen LogP contribution is 2.27. The standard InChI is InChI=1S/C33H39ClN4O2.C25H39ClN4O3.C16H30N4O3.3CH4.3H2S/c1-35(32(39)28-14-12-27(13-15-28)26-8-4-3-5-9-26)31-19-22-38(24-31)33(40)36(2)30-18-21-37(23-30)20-6-7-25-10-16-29(34)17-11-25;1-25(2,3)33-24(32)28(5)22-13-16-30(18-22)23(31)27(4)21-12-15-29(17-21)14-6-7-19-8-10-20(26)11-9-19;1-16(2,3)23-15(22)19(5)13-7-9-20(11-13)14(21)18(4)12-6-8-17-10-12;;;;;;/h3-5,8-17,30-31H,6-7,18-24H2,1-2H3;8-11,21-22H,6-7,12-18H2,1-5H3;12-13,17H,6-11H2,1-5H3;3*1H4;3*1H2/t30-,31+;21-,22+;12-,13+;;;;;;/m111....../s1. The number of nitrogens with zero attached hydrogens (tertiary/aromatic N) is 11. The number of likely N-dealkylation sites (tertiary alicyclic amines) is 5. The molecule has 0 aromatic heterocycles. The summed E-state index contributed by atoms with van der Waals surface area (Å²) in [7, 11) is 11.1. The Balaban J connectivity index is 0.000000522. The van der Waals surface area contributed by atoms with Crippen LogP contribution in [-0.4, -0.2) is 271 Å². The number of nitrogens with one attached hydrogen (secondary N) is 1. The van der Waals surface area contributed by atoms with Crippen molar-refractivity contribution >= 4 is 99.9 Å². The van der Waals surface area contributed by atoms with Crippen LogP contribution in [0, 0.1) is 0 Å². The summed E-state index contributed by atoms with van der Waals surface area (Å²) in [5.41, 5.74) is 4.48. The first-order chi connectivity index (χ1) is 45.6. The molecule has 6 heterocycles. The van der Waals surface area contributed by atoms with Crippen molar-refractivity contribution in [3.05, 3.63) is 130 Å². The second kappa shape index (κ2) is 43.0. The highest BCUT2D eigenvalue weighted by Gasteiger charge is 2.40. The Hall–Kier alpha value is -5.79. The maximum Gasteiger partial charge on any atom is 0.410 e. The summed E-state index contributed by atoms with van der Waals surface area (Å²) >= 11 is 12.0. The molecule has 0 aliphatic carbocycles. The van der Waals surface area contributed by atoms with Crippen LogP contribution in [0.1, 0.15) is 137 Å². The fraction of sp³-hybridized carbons (Fsp3) is 0.610. The summed E-state index contributed by atoms with van der Waals surface area (Å²) in [6.45, 7) is 22.6. The van der Waals surface area contributed by atoms with Crippen molar-refractivity contribution in [2.45, 2.75) is 175 Å². The number of aryl methyl sites for hydroxylation is 2. The third-order valence-electron chi connectivity index (χ3n) is 19.7. The van der Waals surface area contributed by atoms with Crippen molar-refractivity contribution in [1.29, 1.82) is 0 Å². The molecule has 4 aromatic carbocycles. The molecule has 25 heteroatoms. The minimum Gasteiger partial charge on any atom is -0.444 e. The van der Waals surface area contributed by atoms with E-state index in [1.165, 1.54) is 11.1 Å². The van der Waals surface area contributed by atoms with E-state index >= 15 is 0 Å². The van der Waals surface area contributed by atoms with E-state index in [-0.39, 0.29) is 135 Å². The monoisotopic (exact) mass is 1510 g/mol. The van der Waals surface area contributed by atoms with Crippen molar-refractivity contribution < 1.29 is 38.2 Å². The van der Waals surface area contributed by atoms with Gasteiger partial charge in [-0.25, -0.2) is 24.0 Å². The van der Waals surface area contributed by atoms with E-state index in [9.17, 15) is 28.8 Å². The van der Waals surface area contributed by atoms with Gasteiger partial charge in [0, 0.05) is 148 Å². The molecule has 6 fully saturated rings. The van der Waals surface area contributed by atoms with E-state index in [0.717, 1.165) is 138 Å². The van der Waals surface area contributed by atoms with Gasteiger partial charge in [0.15, 0.2) is 0 Å². The molecule has 6 saturated heterocycles. The van der Waals surface area contributed by atoms with E-state index in [1.807, 2.05) is 171 Å². The number of ether oxygens (including phenoxy) is 2. The number of rotatable bonds is 16. The van der Waals surface area contributed by atoms with Gasteiger partial charge in [-0.15, -0.1) is 0 Å². The predicted molar refractivity (Wildman–Crippen MR) is 433 cm³/mol. The van der Waals surface area contributed by atoms with Crippen LogP contribution in [0.15, 0.2) is 103 Å². The van der Waals surface area contributed by atoms with Gasteiger partial charge in [-0.05, 0) is 184 Å². The maximum absolute atomic E-state index is 13.4. The molecule has 0 spiro atoms. The zero-order chi connectivity index (χ0) is 69.4. The number of hydrogen-bond acceptors (Lipinski definition) is 11. The fourth-order valence-corrected chi connectivity index (χ4v) is 13.8. The van der Waals surface area contributed by atoms with Crippen LogP contribution < -0.4 is 5.32 Å². The fourth-order valence-electron chi connectivity index (χ4n) is 13.6. The summed E-state index contributed by atoms with van der Waals surface area (Å²) in [4.78, 5) is 98.1. The number of carbonyl (C=O) groups is 6. The SMILES string of the molecule is C.C.C.CN(C(=O)OC(C)(C)C)[C@H]1CCN(C(=O)N(C)[C@@H]2CCN(CCCc3ccc(Cl)cc3)C2)C1.CN(C(=O)OC(C)(C)C)[C@H]1CCN(C(=O)N(C)[C@@H]2CCNC2)C1.CN(C(=O)c1ccc(-c2ccccc2)cc1)[C@H]1CCN(C(=O)N(C)[C@@H]2CCN(CCCc3ccc(Cl)cc3)C2)C1.S.S.S. The Kier molecular flexibility index (Phi) is 38.9. The highest BCUT2D eigenvalue weighted by molar-refractivity contribution is 7.59. The third kappa shape index (κ3) is 27.0. The van der Waals surface area contributed by atoms with E-state index in [4.69, 9.17) is 32.7 Å². The Morgan fingerprint density at radius 3 is 1.14 bits per heavy atom. The molecule has 6 atom stereocenters. The summed E-state index contributed by atoms with van der Waals surface area (Å²) in [6, 6.07) is 35.0. The Bertz CT molecular complexity index is 3190. The lowest BCUT2D eigenvalue weighted by atomic mass is 10.0. The quantitative estimate of drug-likeness (QED) is 0.113. The average Bonchev–Trinajstić information content (AvgIpc) is 1.67. The van der Waals surface area contributed by atoms with Crippen molar-refractivity contribution in [3.63, 3.8) is 0 Å². The predicted octanol–water partition coefficient (Wildman–Crippen LogP) is 13.8. The lowest BCUT2D eigenvalue weighted by molar-refractivity contribution is 0.0219. The van der Waals surface area contributed by atoms with Gasteiger partial charge in [0.2, 0.25) is 0 Å². The van der Waals surface area contributed by atoms with Gasteiger partial charge in [-0.3, -0.25) is 4.79 Å². The normalized spacial score (nSPS) is 20.0. The minimum absolute atomic E-state index is 0. The smallest absolute Gasteiger partial charge is 0.410 e. The number of urea groups is 3. The first-order valence-corrected chi connectivity index (χ1v) is 35.4. The summed E-state index contributed by atoms with van der Waals surface area (Å²) < 4.78 is 10.9. The summed E-state index contributed by atoms with van der Waals surface area (Å²) in [5, 5.41) is 4.83. The van der Waals surface area contributed by atoms with Gasteiger partial charge in [-0.1, -0.05) is 112 Å². The first-order valence-electron chi connectivity index (χ1n) is 34.6. The van der Waals surface area contributed by atoms with Crippen molar-refractivity contribution in [2.75, 3.05) is 134 Å². The van der Waals surface area contributed by atoms with Crippen LogP contribution in [0.4, 0.5) is 24.0 Å². The molecule has 1 N–H and O–H groups in total. The van der Waals surface area contributed by atoms with Crippen LogP contribution in [0.25, 0.3) is 11.1 Å². The summed E-state index contributed by atoms with van der Waals surface area (Å²) in [5.74, 6) is -0.00250. The third-order valence-corrected chi connectivity index (χ3v) is 20.2. The lowest BCUT2D eigenvalue weighted by Crippen LogP contribution is -2.48. The van der Waals surface area contributed by atoms with E-state index in [2.05, 4.69) is 51.5 Å². The summed E-state index contributed by atoms with van der Waals surface area (Å²) in [6.07, 6.45) is 8.95. The second-order valence-corrected chi connectivity index (χ2v) is 29.9. The Labute approximate surface area is 643 Å². The van der Waals surface area contributed by atoms with Crippen LogP contribution >= 0.6 is 63.7 Å². The molecule has 0 radical (unpaired) electrons. The number of amides is 9. The van der Waals surface area contributed by atoms with Gasteiger partial charge < -0.3 is 68.7 Å². The molecule has 4 aromatic rings. The Morgan fingerprint density at radius 2 is 0.775 bits per heavy atom. The number of benzene rings is 4. The lowest BCUT2D eigenvalue weighted by Gasteiger charge is -2.31. The molecular formula is C77H126Cl2N12O8S3. The maximum atomic E-state index is 13.4. The topological polar surface area (TPSA) is 169 Å². The van der Waals surface area contributed by atoms with Crippen LogP contribution in [0.3, 0.4) is 0 Å². The van der Waals surface area contributed by atoms with E-state index in [1.54, 1.807) is 23.9 Å². The first kappa shape index (κ1) is 92.3. The molecule has 20 nitrogen and oxygen atoms in total. The van der Waals surface area contributed by atoms with Crippen molar-refractivity contribution in [3.8, 4) is 11.1 Å². The van der Waals surface area contributed by atoms with Crippen molar-refractivity contribution in [1.82, 2.24) is 59.2 Å². The number of hydrogen-bond donors (Lipinski definition) is 1. The molecule has 102 heavy (non-hydrogen) atoms. The second-order valence-electron chi connectivity index (χ2n) is 29.0. The van der Waals surface area contributed by atoms with E-state index in [0.29, 0.717) is 44.8 Å². The molecule has 0 saturated carbocycles. The molecule has 10 rings (SSSR count). The highest BCUT2D eigenvalue weighted by atomic mass is 35.5. The van der Waals surface area contributed by atoms with E-state index < -0.39 is 11.2 Å². The number of likely N-dealkylation sites (N-methyl/N-ethyl adjacent to an activating group) is 6. The molecule has 6 aliphatic heterocycles. The number of halogens is 2. The van der Waals surface area contributed by atoms with Crippen LogP contribution in [0.2, 0.25) is 10.0 Å². The molecule has 6 aliphatic rings. The molecule has 0 bridgehead atoms. The zero-order valence-corrected chi connectivity index (χ0v) is 65.2. The Morgan fingerprint density at radius 1 is 0.431 bits per heavy atom. The largest absolute Gasteiger partial charge is 0.444 e. The van der Waals surface area contributed by atoms with Gasteiger partial charge in [0.1, 0.15) is 11.2 Å². The molecular weight excluding hydrogens is 1390 g/mol. The molecule has 574 valence electrons. The zero-order valence-electron chi connectivity index (χ0n) is 60.7. The number of carbonyl (C=O) groups excluding carboxylic acids is 6. The average molecular weight is 1520 g/mol. The minimum atomic E-state index is -0.525. The van der Waals surface area contributed by atoms with Crippen LogP contribution in [0.5, 0.6) is 0 Å². The molecule has 0 unspecified atom stereocenters. The van der Waals surface area contributed by atoms with Gasteiger partial charge in [0.25, 0.3) is 5.91 Å². The van der Waals surface area contributed by atoms with Crippen molar-refractivity contribution in [2.24, 2.45) is 0 Å². The van der Waals surface area contributed by atoms with Gasteiger partial charge in [-0.2, -0.15) is 40.5 Å². The van der Waals surface area contributed by atoms with Gasteiger partial charge >= 0.3 is 30.3 Å². The van der Waals surface area contributed by atoms with Gasteiger partial charge in [0.05, 0.1) is 18.1 Å². The molecule has 9 amide bonds.